The van der Waals surface area contributed by atoms with E-state index in [9.17, 15) is 19.2 Å². The van der Waals surface area contributed by atoms with Crippen LogP contribution in [-0.4, -0.2) is 57.2 Å². The number of nitrogens with two attached hydrogens (primary N) is 1. The Morgan fingerprint density at radius 3 is 2.15 bits per heavy atom. The third-order valence-electron chi connectivity index (χ3n) is 3.62. The zero-order chi connectivity index (χ0) is 19.6. The molecule has 0 bridgehead atoms. The third kappa shape index (κ3) is 4.02. The highest BCUT2D eigenvalue weighted by Crippen LogP contribution is 2.33. The molecule has 1 aromatic rings. The molecule has 4 atom stereocenters. The number of ether oxygens (including phenoxy) is 4. The molecule has 1 aromatic heterocycles. The molecule has 0 spiro atoms. The number of carbonyl (C=O) groups excluding carboxylic acids is 3. The molecule has 1 aliphatic heterocycles. The average Bonchev–Trinajstić information content (AvgIpc) is 2.97. The highest BCUT2D eigenvalue weighted by molar-refractivity contribution is 5.67. The van der Waals surface area contributed by atoms with Crippen molar-refractivity contribution in [2.45, 2.75) is 45.3 Å². The van der Waals surface area contributed by atoms with Gasteiger partial charge in [0.25, 0.3) is 0 Å². The molecule has 1 saturated heterocycles. The second kappa shape index (κ2) is 7.56. The van der Waals surface area contributed by atoms with Gasteiger partial charge >= 0.3 is 23.6 Å². The maximum absolute atomic E-state index is 12.3. The Hall–Kier alpha value is -2.89. The highest BCUT2D eigenvalue weighted by Gasteiger charge is 2.51. The van der Waals surface area contributed by atoms with Crippen LogP contribution in [0.2, 0.25) is 0 Å². The van der Waals surface area contributed by atoms with E-state index in [-0.39, 0.29) is 12.6 Å². The van der Waals surface area contributed by atoms with Crippen molar-refractivity contribution in [3.05, 3.63) is 10.5 Å². The Balaban J connectivity index is 2.42. The molecule has 12 nitrogen and oxygen atoms in total. The van der Waals surface area contributed by atoms with Gasteiger partial charge < -0.3 is 24.7 Å². The molecule has 1 aliphatic rings. The molecule has 144 valence electrons. The van der Waals surface area contributed by atoms with Gasteiger partial charge in [0.15, 0.2) is 18.4 Å². The van der Waals surface area contributed by atoms with Crippen LogP contribution in [0.3, 0.4) is 0 Å². The van der Waals surface area contributed by atoms with Crippen LogP contribution >= 0.6 is 0 Å². The number of nitrogen functional groups attached to an aromatic ring is 1. The van der Waals surface area contributed by atoms with Gasteiger partial charge in [-0.3, -0.25) is 19.0 Å². The molecule has 0 aromatic carbocycles. The minimum absolute atomic E-state index is 0.0901. The molecule has 0 unspecified atom stereocenters. The zero-order valence-electron chi connectivity index (χ0n) is 14.7. The fourth-order valence-corrected chi connectivity index (χ4v) is 2.53. The van der Waals surface area contributed by atoms with Crippen LogP contribution in [0.25, 0.3) is 0 Å². The molecule has 12 heteroatoms. The van der Waals surface area contributed by atoms with Gasteiger partial charge in [0.05, 0.1) is 0 Å². The highest BCUT2D eigenvalue weighted by atomic mass is 16.7. The maximum atomic E-state index is 12.3. The summed E-state index contributed by atoms with van der Waals surface area (Å²) in [6, 6.07) is 0. The van der Waals surface area contributed by atoms with Crippen molar-refractivity contribution >= 4 is 23.9 Å². The molecule has 0 amide bonds. The minimum Gasteiger partial charge on any atom is -0.463 e. The van der Waals surface area contributed by atoms with Gasteiger partial charge in [0.1, 0.15) is 12.7 Å². The molecule has 1 fully saturated rings. The molecule has 0 aliphatic carbocycles. The molecule has 2 rings (SSSR count). The zero-order valence-corrected chi connectivity index (χ0v) is 14.7. The van der Waals surface area contributed by atoms with Crippen molar-refractivity contribution < 1.29 is 33.3 Å². The first-order chi connectivity index (χ1) is 12.1. The van der Waals surface area contributed by atoms with Gasteiger partial charge in [-0.25, -0.2) is 4.79 Å². The number of carbonyl (C=O) groups is 3. The van der Waals surface area contributed by atoms with E-state index in [1.165, 1.54) is 14.0 Å². The Bertz CT molecular complexity index is 769. The van der Waals surface area contributed by atoms with Gasteiger partial charge in [-0.2, -0.15) is 4.68 Å². The maximum Gasteiger partial charge on any atom is 0.349 e. The van der Waals surface area contributed by atoms with E-state index >= 15 is 0 Å². The number of esters is 3. The Labute approximate surface area is 147 Å². The Kier molecular flexibility index (Phi) is 5.65. The van der Waals surface area contributed by atoms with Crippen molar-refractivity contribution in [3.63, 3.8) is 0 Å². The van der Waals surface area contributed by atoms with Gasteiger partial charge in [0, 0.05) is 27.8 Å². The monoisotopic (exact) mass is 372 g/mol. The number of hydrogen-bond acceptors (Lipinski definition) is 10. The van der Waals surface area contributed by atoms with Crippen LogP contribution in [0.4, 0.5) is 5.95 Å². The van der Waals surface area contributed by atoms with Gasteiger partial charge in [0.2, 0.25) is 5.95 Å². The predicted octanol–water partition coefficient (Wildman–Crippen LogP) is -1.51. The summed E-state index contributed by atoms with van der Waals surface area (Å²) in [5.41, 5.74) is 4.99. The SMILES string of the molecule is CC(=O)OC[C@H]1O[C@@H](n2nc(N)n(C)c2=O)[C@H](OC(C)=O)[C@@H]1OC(C)=O. The number of hydrogen-bond donors (Lipinski definition) is 1. The first-order valence-corrected chi connectivity index (χ1v) is 7.66. The molecule has 0 radical (unpaired) electrons. The van der Waals surface area contributed by atoms with Crippen LogP contribution in [0.1, 0.15) is 27.0 Å². The molecular formula is C14H20N4O8. The summed E-state index contributed by atoms with van der Waals surface area (Å²) in [4.78, 5) is 46.3. The van der Waals surface area contributed by atoms with Gasteiger partial charge in [-0.05, 0) is 0 Å². The van der Waals surface area contributed by atoms with Crippen LogP contribution in [0.5, 0.6) is 0 Å². The van der Waals surface area contributed by atoms with Crippen LogP contribution in [0.15, 0.2) is 4.79 Å². The van der Waals surface area contributed by atoms with Gasteiger partial charge in [-0.15, -0.1) is 5.10 Å². The molecule has 2 heterocycles. The fraction of sp³-hybridized carbons (Fsp3) is 0.643. The normalized spacial score (nSPS) is 24.9. The number of nitrogens with zero attached hydrogens (tertiary/aromatic N) is 3. The molecule has 26 heavy (non-hydrogen) atoms. The second-order valence-electron chi connectivity index (χ2n) is 5.66. The Morgan fingerprint density at radius 2 is 1.69 bits per heavy atom. The summed E-state index contributed by atoms with van der Waals surface area (Å²) in [5.74, 6) is -2.03. The molecule has 0 saturated carbocycles. The van der Waals surface area contributed by atoms with Crippen molar-refractivity contribution in [1.29, 1.82) is 0 Å². The minimum atomic E-state index is -1.22. The standard InChI is InChI=1S/C14H20N4O8/c1-6(19)23-5-9-10(24-7(2)20)11(25-8(3)21)12(26-9)18-14(22)17(4)13(15)16-18/h9-12H,5H2,1-4H3,(H2,15,16)/t9-,10-,11-,12-/m1/s1. The van der Waals surface area contributed by atoms with E-state index in [2.05, 4.69) is 5.10 Å². The second-order valence-corrected chi connectivity index (χ2v) is 5.66. The number of rotatable bonds is 5. The smallest absolute Gasteiger partial charge is 0.349 e. The molecular weight excluding hydrogens is 352 g/mol. The van der Waals surface area contributed by atoms with E-state index in [4.69, 9.17) is 24.7 Å². The summed E-state index contributed by atoms with van der Waals surface area (Å²) in [5, 5.41) is 3.87. The van der Waals surface area contributed by atoms with Crippen molar-refractivity contribution in [3.8, 4) is 0 Å². The van der Waals surface area contributed by atoms with Crippen LogP contribution < -0.4 is 11.4 Å². The van der Waals surface area contributed by atoms with Crippen molar-refractivity contribution in [1.82, 2.24) is 14.3 Å². The van der Waals surface area contributed by atoms with E-state index in [1.807, 2.05) is 0 Å². The summed E-state index contributed by atoms with van der Waals surface area (Å²) < 4.78 is 22.9. The lowest BCUT2D eigenvalue weighted by molar-refractivity contribution is -0.166. The van der Waals surface area contributed by atoms with Crippen LogP contribution in [-0.2, 0) is 40.4 Å². The summed E-state index contributed by atoms with van der Waals surface area (Å²) >= 11 is 0. The third-order valence-corrected chi connectivity index (χ3v) is 3.62. The van der Waals surface area contributed by atoms with E-state index in [1.54, 1.807) is 0 Å². The summed E-state index contributed by atoms with van der Waals surface area (Å²) in [6.45, 7) is 3.22. The summed E-state index contributed by atoms with van der Waals surface area (Å²) in [7, 11) is 1.40. The Morgan fingerprint density at radius 1 is 1.12 bits per heavy atom. The number of anilines is 1. The largest absolute Gasteiger partial charge is 0.463 e. The van der Waals surface area contributed by atoms with E-state index in [0.29, 0.717) is 0 Å². The van der Waals surface area contributed by atoms with E-state index in [0.717, 1.165) is 23.1 Å². The quantitative estimate of drug-likeness (QED) is 0.476. The average molecular weight is 372 g/mol. The van der Waals surface area contributed by atoms with Crippen molar-refractivity contribution in [2.24, 2.45) is 7.05 Å². The van der Waals surface area contributed by atoms with Crippen LogP contribution in [0, 0.1) is 0 Å². The summed E-state index contributed by atoms with van der Waals surface area (Å²) in [6.07, 6.45) is -4.51. The van der Waals surface area contributed by atoms with Gasteiger partial charge in [-0.1, -0.05) is 0 Å². The fourth-order valence-electron chi connectivity index (χ4n) is 2.53. The predicted molar refractivity (Wildman–Crippen MR) is 83.5 cm³/mol. The lowest BCUT2D eigenvalue weighted by Crippen LogP contribution is -2.41. The number of aromatic nitrogens is 3. The lowest BCUT2D eigenvalue weighted by atomic mass is 10.1. The van der Waals surface area contributed by atoms with E-state index < -0.39 is 48.1 Å². The first kappa shape index (κ1) is 19.4. The topological polar surface area (TPSA) is 154 Å². The first-order valence-electron chi connectivity index (χ1n) is 7.66. The van der Waals surface area contributed by atoms with Crippen molar-refractivity contribution in [2.75, 3.05) is 12.3 Å². The lowest BCUT2D eigenvalue weighted by Gasteiger charge is -2.22. The molecule has 2 N–H and O–H groups in total.